The Kier molecular flexibility index (Phi) is 4.53. The van der Waals surface area contributed by atoms with Crippen LogP contribution in [0.2, 0.25) is 5.02 Å². The van der Waals surface area contributed by atoms with Crippen molar-refractivity contribution in [1.29, 1.82) is 0 Å². The molecule has 0 bridgehead atoms. The number of aromatic amines is 1. The number of amides is 2. The number of likely N-dealkylation sites (tertiary alicyclic amines) is 1. The Morgan fingerprint density at radius 2 is 2.12 bits per heavy atom. The zero-order chi connectivity index (χ0) is 17.9. The van der Waals surface area contributed by atoms with Crippen LogP contribution in [0.25, 0.3) is 5.69 Å². The van der Waals surface area contributed by atoms with Gasteiger partial charge in [-0.25, -0.2) is 19.4 Å². The highest BCUT2D eigenvalue weighted by Gasteiger charge is 2.26. The van der Waals surface area contributed by atoms with Gasteiger partial charge in [0.2, 0.25) is 0 Å². The maximum absolute atomic E-state index is 12.7. The average molecular weight is 373 g/mol. The molecule has 0 saturated carbocycles. The van der Waals surface area contributed by atoms with Crippen molar-refractivity contribution in [2.24, 2.45) is 0 Å². The summed E-state index contributed by atoms with van der Waals surface area (Å²) in [5, 5.41) is 14.4. The second kappa shape index (κ2) is 7.12. The molecule has 0 radical (unpaired) electrons. The number of nitrogens with zero attached hydrogens (tertiary/aromatic N) is 6. The summed E-state index contributed by atoms with van der Waals surface area (Å²) in [5.74, 6) is 1.19. The molecule has 0 atom stereocenters. The lowest BCUT2D eigenvalue weighted by Gasteiger charge is -2.31. The number of benzene rings is 1. The van der Waals surface area contributed by atoms with Gasteiger partial charge in [-0.05, 0) is 31.0 Å². The van der Waals surface area contributed by atoms with Gasteiger partial charge < -0.3 is 10.2 Å². The number of carbonyl (C=O) groups excluding carboxylic acids is 1. The van der Waals surface area contributed by atoms with Crippen molar-refractivity contribution in [2.75, 3.05) is 18.4 Å². The topological polar surface area (TPSA) is 105 Å². The first kappa shape index (κ1) is 16.5. The number of carbonyl (C=O) groups is 1. The fourth-order valence-corrected chi connectivity index (χ4v) is 3.27. The minimum absolute atomic E-state index is 0.162. The van der Waals surface area contributed by atoms with E-state index in [1.807, 2.05) is 0 Å². The molecule has 0 spiro atoms. The standard InChI is InChI=1S/C16H17ClN8O/c17-12-1-2-14(25-10-18-8-21-25)13(7-12)22-16(26)24-5-3-11(4-6-24)15-19-9-20-23-15/h1-2,7-11H,3-6H2,(H,22,26)(H,19,20,23). The molecule has 0 aliphatic carbocycles. The third-order valence-corrected chi connectivity index (χ3v) is 4.70. The summed E-state index contributed by atoms with van der Waals surface area (Å²) in [6.07, 6.45) is 6.21. The van der Waals surface area contributed by atoms with Crippen LogP contribution in [0.4, 0.5) is 10.5 Å². The van der Waals surface area contributed by atoms with Crippen LogP contribution in [0, 0.1) is 0 Å². The van der Waals surface area contributed by atoms with Gasteiger partial charge in [0.1, 0.15) is 24.8 Å². The first-order valence-corrected chi connectivity index (χ1v) is 8.64. The molecule has 4 rings (SSSR count). The van der Waals surface area contributed by atoms with Crippen molar-refractivity contribution in [3.8, 4) is 5.69 Å². The molecule has 2 amide bonds. The Bertz CT molecular complexity index is 872. The van der Waals surface area contributed by atoms with Crippen molar-refractivity contribution in [3.63, 3.8) is 0 Å². The molecular weight excluding hydrogens is 356 g/mol. The highest BCUT2D eigenvalue weighted by Crippen LogP contribution is 2.27. The van der Waals surface area contributed by atoms with Crippen LogP contribution in [0.5, 0.6) is 0 Å². The molecule has 2 N–H and O–H groups in total. The van der Waals surface area contributed by atoms with Crippen LogP contribution in [0.1, 0.15) is 24.6 Å². The molecule has 9 nitrogen and oxygen atoms in total. The normalized spacial score (nSPS) is 15.2. The molecule has 10 heteroatoms. The van der Waals surface area contributed by atoms with Gasteiger partial charge in [-0.15, -0.1) is 0 Å². The van der Waals surface area contributed by atoms with Gasteiger partial charge in [0.15, 0.2) is 0 Å². The number of hydrogen-bond donors (Lipinski definition) is 2. The molecule has 1 saturated heterocycles. The minimum Gasteiger partial charge on any atom is -0.324 e. The number of H-pyrrole nitrogens is 1. The van der Waals surface area contributed by atoms with Crippen molar-refractivity contribution in [3.05, 3.63) is 48.0 Å². The summed E-state index contributed by atoms with van der Waals surface area (Å²) >= 11 is 6.10. The minimum atomic E-state index is -0.162. The molecule has 1 aliphatic heterocycles. The molecular formula is C16H17ClN8O. The van der Waals surface area contributed by atoms with Gasteiger partial charge in [-0.1, -0.05) is 11.6 Å². The van der Waals surface area contributed by atoms with Crippen molar-refractivity contribution >= 4 is 23.3 Å². The number of anilines is 1. The fourth-order valence-electron chi connectivity index (χ4n) is 3.10. The summed E-state index contributed by atoms with van der Waals surface area (Å²) in [6.45, 7) is 1.30. The molecule has 1 aliphatic rings. The fraction of sp³-hybridized carbons (Fsp3) is 0.312. The maximum atomic E-state index is 12.7. The monoisotopic (exact) mass is 372 g/mol. The number of urea groups is 1. The molecule has 2 aromatic heterocycles. The quantitative estimate of drug-likeness (QED) is 0.734. The zero-order valence-electron chi connectivity index (χ0n) is 13.8. The van der Waals surface area contributed by atoms with Gasteiger partial charge in [0.05, 0.1) is 11.4 Å². The third kappa shape index (κ3) is 3.38. The van der Waals surface area contributed by atoms with Crippen LogP contribution < -0.4 is 5.32 Å². The largest absolute Gasteiger partial charge is 0.324 e. The van der Waals surface area contributed by atoms with Gasteiger partial charge in [0, 0.05) is 24.0 Å². The Morgan fingerprint density at radius 3 is 2.81 bits per heavy atom. The first-order valence-electron chi connectivity index (χ1n) is 8.26. The lowest BCUT2D eigenvalue weighted by atomic mass is 9.96. The number of aromatic nitrogens is 6. The van der Waals surface area contributed by atoms with E-state index in [-0.39, 0.29) is 6.03 Å². The van der Waals surface area contributed by atoms with Crippen LogP contribution in [-0.2, 0) is 0 Å². The van der Waals surface area contributed by atoms with Crippen molar-refractivity contribution in [2.45, 2.75) is 18.8 Å². The van der Waals surface area contributed by atoms with Crippen molar-refractivity contribution < 1.29 is 4.79 Å². The Morgan fingerprint density at radius 1 is 1.27 bits per heavy atom. The van der Waals surface area contributed by atoms with E-state index >= 15 is 0 Å². The van der Waals surface area contributed by atoms with Gasteiger partial charge >= 0.3 is 6.03 Å². The van der Waals surface area contributed by atoms with E-state index in [1.54, 1.807) is 34.1 Å². The van der Waals surface area contributed by atoms with E-state index in [4.69, 9.17) is 11.6 Å². The molecule has 0 unspecified atom stereocenters. The SMILES string of the molecule is O=C(Nc1cc(Cl)ccc1-n1cncn1)N1CCC(c2ncn[nH]2)CC1. The number of hydrogen-bond acceptors (Lipinski definition) is 5. The van der Waals surface area contributed by atoms with E-state index in [0.717, 1.165) is 18.7 Å². The highest BCUT2D eigenvalue weighted by molar-refractivity contribution is 6.31. The molecule has 3 aromatic rings. The maximum Gasteiger partial charge on any atom is 0.321 e. The summed E-state index contributed by atoms with van der Waals surface area (Å²) in [7, 11) is 0. The highest BCUT2D eigenvalue weighted by atomic mass is 35.5. The van der Waals surface area contributed by atoms with Crippen LogP contribution in [0.15, 0.2) is 37.2 Å². The molecule has 26 heavy (non-hydrogen) atoms. The lowest BCUT2D eigenvalue weighted by molar-refractivity contribution is 0.193. The van der Waals surface area contributed by atoms with E-state index in [9.17, 15) is 4.79 Å². The number of rotatable bonds is 3. The Hall–Kier alpha value is -2.94. The summed E-state index contributed by atoms with van der Waals surface area (Å²) in [4.78, 5) is 22.6. The van der Waals surface area contributed by atoms with Crippen LogP contribution in [-0.4, -0.2) is 54.0 Å². The van der Waals surface area contributed by atoms with Gasteiger partial charge in [-0.2, -0.15) is 10.2 Å². The van der Waals surface area contributed by atoms with E-state index in [0.29, 0.717) is 35.4 Å². The zero-order valence-corrected chi connectivity index (χ0v) is 14.6. The molecule has 3 heterocycles. The summed E-state index contributed by atoms with van der Waals surface area (Å²) < 4.78 is 1.59. The predicted molar refractivity (Wildman–Crippen MR) is 95.3 cm³/mol. The lowest BCUT2D eigenvalue weighted by Crippen LogP contribution is -2.40. The molecule has 1 aromatic carbocycles. The van der Waals surface area contributed by atoms with Gasteiger partial charge in [-0.3, -0.25) is 5.10 Å². The summed E-state index contributed by atoms with van der Waals surface area (Å²) in [5.41, 5.74) is 1.29. The van der Waals surface area contributed by atoms with E-state index in [2.05, 4.69) is 30.6 Å². The first-order chi connectivity index (χ1) is 12.7. The average Bonchev–Trinajstić information content (AvgIpc) is 3.36. The van der Waals surface area contributed by atoms with Crippen LogP contribution >= 0.6 is 11.6 Å². The summed E-state index contributed by atoms with van der Waals surface area (Å²) in [6, 6.07) is 5.09. The smallest absolute Gasteiger partial charge is 0.321 e. The second-order valence-electron chi connectivity index (χ2n) is 6.06. The van der Waals surface area contributed by atoms with Crippen LogP contribution in [0.3, 0.4) is 0 Å². The number of nitrogens with one attached hydrogen (secondary N) is 2. The van der Waals surface area contributed by atoms with Gasteiger partial charge in [0.25, 0.3) is 0 Å². The number of halogens is 1. The Labute approximate surface area is 154 Å². The van der Waals surface area contributed by atoms with E-state index in [1.165, 1.54) is 12.7 Å². The number of piperidine rings is 1. The molecule has 1 fully saturated rings. The predicted octanol–water partition coefficient (Wildman–Crippen LogP) is 2.45. The van der Waals surface area contributed by atoms with E-state index < -0.39 is 0 Å². The third-order valence-electron chi connectivity index (χ3n) is 4.47. The molecule has 134 valence electrons. The Balaban J connectivity index is 1.45. The van der Waals surface area contributed by atoms with Crippen molar-refractivity contribution in [1.82, 2.24) is 34.8 Å². The second-order valence-corrected chi connectivity index (χ2v) is 6.50.